The predicted molar refractivity (Wildman–Crippen MR) is 112 cm³/mol. The predicted octanol–water partition coefficient (Wildman–Crippen LogP) is 1.94. The molecule has 30 heavy (non-hydrogen) atoms. The molecule has 154 valence electrons. The lowest BCUT2D eigenvalue weighted by Gasteiger charge is -2.33. The van der Waals surface area contributed by atoms with Crippen LogP contribution in [0.15, 0.2) is 59.7 Å². The van der Waals surface area contributed by atoms with Crippen molar-refractivity contribution in [2.75, 3.05) is 31.7 Å². The first-order valence-electron chi connectivity index (χ1n) is 9.60. The minimum atomic E-state index is -0.660. The van der Waals surface area contributed by atoms with Crippen molar-refractivity contribution in [3.8, 4) is 17.0 Å². The van der Waals surface area contributed by atoms with Gasteiger partial charge >= 0.3 is 0 Å². The first-order valence-corrected chi connectivity index (χ1v) is 9.60. The van der Waals surface area contributed by atoms with E-state index in [1.807, 2.05) is 4.90 Å². The quantitative estimate of drug-likeness (QED) is 0.599. The summed E-state index contributed by atoms with van der Waals surface area (Å²) >= 11 is 0. The number of ketones is 1. The van der Waals surface area contributed by atoms with Gasteiger partial charge in [0.1, 0.15) is 11.9 Å². The Labute approximate surface area is 173 Å². The number of morpholine rings is 1. The minimum Gasteiger partial charge on any atom is -0.497 e. The largest absolute Gasteiger partial charge is 0.497 e. The summed E-state index contributed by atoms with van der Waals surface area (Å²) in [4.78, 5) is 36.2. The van der Waals surface area contributed by atoms with Gasteiger partial charge in [0.05, 0.1) is 26.0 Å². The molecule has 0 amide bonds. The molecule has 1 fully saturated rings. The van der Waals surface area contributed by atoms with Crippen LogP contribution in [0.1, 0.15) is 10.4 Å². The van der Waals surface area contributed by atoms with E-state index in [0.717, 1.165) is 5.56 Å². The maximum Gasteiger partial charge on any atom is 0.255 e. The number of rotatable bonds is 5. The number of nitrogens with zero attached hydrogens (tertiary/aromatic N) is 4. The molecule has 0 radical (unpaired) electrons. The Morgan fingerprint density at radius 2 is 2.00 bits per heavy atom. The van der Waals surface area contributed by atoms with E-state index in [2.05, 4.69) is 4.98 Å². The van der Waals surface area contributed by atoms with Gasteiger partial charge < -0.3 is 14.4 Å². The fraction of sp³-hybridized carbons (Fsp3) is 0.273. The molecule has 4 rings (SSSR count). The van der Waals surface area contributed by atoms with Gasteiger partial charge in [0.15, 0.2) is 5.78 Å². The molecule has 3 aromatic rings. The van der Waals surface area contributed by atoms with E-state index in [1.54, 1.807) is 62.9 Å². The standard InChI is InChI=1S/C22H22N4O4/c1-25-20(27)13-18(15-6-8-23-9-7-15)24-22(25)26-10-11-30-19(14-26)21(28)16-4-3-5-17(12-16)29-2/h3-9,12-13,19H,10-11,14H2,1-2H3. The molecule has 0 bridgehead atoms. The first-order chi connectivity index (χ1) is 14.6. The lowest BCUT2D eigenvalue weighted by Crippen LogP contribution is -2.48. The van der Waals surface area contributed by atoms with E-state index in [4.69, 9.17) is 14.5 Å². The summed E-state index contributed by atoms with van der Waals surface area (Å²) in [5.41, 5.74) is 1.72. The Bertz CT molecular complexity index is 1110. The molecule has 0 saturated carbocycles. The monoisotopic (exact) mass is 406 g/mol. The molecule has 1 unspecified atom stereocenters. The number of pyridine rings is 1. The van der Waals surface area contributed by atoms with Crippen molar-refractivity contribution < 1.29 is 14.3 Å². The second-order valence-corrected chi connectivity index (χ2v) is 6.98. The number of benzene rings is 1. The molecule has 1 aliphatic heterocycles. The third-order valence-electron chi connectivity index (χ3n) is 5.08. The van der Waals surface area contributed by atoms with Gasteiger partial charge in [-0.15, -0.1) is 0 Å². The maximum absolute atomic E-state index is 13.0. The summed E-state index contributed by atoms with van der Waals surface area (Å²) in [6.45, 7) is 1.19. The number of methoxy groups -OCH3 is 1. The highest BCUT2D eigenvalue weighted by atomic mass is 16.5. The summed E-state index contributed by atoms with van der Waals surface area (Å²) in [6, 6.07) is 12.1. The molecule has 3 heterocycles. The lowest BCUT2D eigenvalue weighted by atomic mass is 10.0. The Balaban J connectivity index is 1.62. The molecule has 0 N–H and O–H groups in total. The van der Waals surface area contributed by atoms with Crippen LogP contribution in [0, 0.1) is 0 Å². The van der Waals surface area contributed by atoms with Gasteiger partial charge in [-0.3, -0.25) is 19.1 Å². The van der Waals surface area contributed by atoms with Crippen LogP contribution in [0.25, 0.3) is 11.3 Å². The lowest BCUT2D eigenvalue weighted by molar-refractivity contribution is 0.0336. The average Bonchev–Trinajstić information content (AvgIpc) is 2.81. The molecule has 0 aliphatic carbocycles. The Hall–Kier alpha value is -3.52. The number of carbonyl (C=O) groups excluding carboxylic acids is 1. The molecule has 1 saturated heterocycles. The highest BCUT2D eigenvalue weighted by Gasteiger charge is 2.29. The highest BCUT2D eigenvalue weighted by Crippen LogP contribution is 2.22. The van der Waals surface area contributed by atoms with E-state index in [9.17, 15) is 9.59 Å². The van der Waals surface area contributed by atoms with Crippen LogP contribution >= 0.6 is 0 Å². The van der Waals surface area contributed by atoms with Crippen molar-refractivity contribution in [2.24, 2.45) is 7.05 Å². The van der Waals surface area contributed by atoms with E-state index >= 15 is 0 Å². The Kier molecular flexibility index (Phi) is 5.58. The number of Topliss-reactive ketones (excluding diaryl/α,β-unsaturated/α-hetero) is 1. The maximum atomic E-state index is 13.0. The summed E-state index contributed by atoms with van der Waals surface area (Å²) in [5, 5.41) is 0. The van der Waals surface area contributed by atoms with Gasteiger partial charge in [-0.1, -0.05) is 12.1 Å². The highest BCUT2D eigenvalue weighted by molar-refractivity contribution is 6.00. The van der Waals surface area contributed by atoms with Gasteiger partial charge in [0, 0.05) is 43.2 Å². The average molecular weight is 406 g/mol. The summed E-state index contributed by atoms with van der Waals surface area (Å²) in [6.07, 6.45) is 2.66. The number of hydrogen-bond donors (Lipinski definition) is 0. The number of hydrogen-bond acceptors (Lipinski definition) is 7. The molecule has 2 aromatic heterocycles. The van der Waals surface area contributed by atoms with Crippen LogP contribution in [-0.4, -0.2) is 53.2 Å². The van der Waals surface area contributed by atoms with Crippen molar-refractivity contribution in [3.63, 3.8) is 0 Å². The third-order valence-corrected chi connectivity index (χ3v) is 5.08. The van der Waals surface area contributed by atoms with Gasteiger partial charge in [-0.2, -0.15) is 0 Å². The molecule has 1 atom stereocenters. The van der Waals surface area contributed by atoms with Gasteiger partial charge in [-0.05, 0) is 24.3 Å². The summed E-state index contributed by atoms with van der Waals surface area (Å²) in [7, 11) is 3.24. The van der Waals surface area contributed by atoms with Crippen LogP contribution in [0.5, 0.6) is 5.75 Å². The molecule has 1 aliphatic rings. The molecule has 1 aromatic carbocycles. The number of ether oxygens (including phenoxy) is 2. The molecular weight excluding hydrogens is 384 g/mol. The van der Waals surface area contributed by atoms with Gasteiger partial charge in [0.2, 0.25) is 5.95 Å². The number of carbonyl (C=O) groups is 1. The second-order valence-electron chi connectivity index (χ2n) is 6.98. The van der Waals surface area contributed by atoms with E-state index in [1.165, 1.54) is 10.6 Å². The second kappa shape index (κ2) is 8.46. The van der Waals surface area contributed by atoms with E-state index in [0.29, 0.717) is 42.7 Å². The fourth-order valence-corrected chi connectivity index (χ4v) is 3.43. The van der Waals surface area contributed by atoms with Crippen LogP contribution in [0.4, 0.5) is 5.95 Å². The van der Waals surface area contributed by atoms with E-state index < -0.39 is 6.10 Å². The van der Waals surface area contributed by atoms with Crippen LogP contribution in [-0.2, 0) is 11.8 Å². The molecule has 0 spiro atoms. The van der Waals surface area contributed by atoms with Crippen LogP contribution in [0.2, 0.25) is 0 Å². The molecular formula is C22H22N4O4. The van der Waals surface area contributed by atoms with E-state index in [-0.39, 0.29) is 11.3 Å². The van der Waals surface area contributed by atoms with Crippen molar-refractivity contribution >= 4 is 11.7 Å². The topological polar surface area (TPSA) is 86.5 Å². The summed E-state index contributed by atoms with van der Waals surface area (Å²) in [5.74, 6) is 0.984. The zero-order valence-corrected chi connectivity index (χ0v) is 16.8. The summed E-state index contributed by atoms with van der Waals surface area (Å²) < 4.78 is 12.4. The van der Waals surface area contributed by atoms with Crippen molar-refractivity contribution in [3.05, 3.63) is 70.8 Å². The van der Waals surface area contributed by atoms with Crippen LogP contribution < -0.4 is 15.2 Å². The Morgan fingerprint density at radius 1 is 1.20 bits per heavy atom. The van der Waals surface area contributed by atoms with Crippen molar-refractivity contribution in [2.45, 2.75) is 6.10 Å². The van der Waals surface area contributed by atoms with Crippen LogP contribution in [0.3, 0.4) is 0 Å². The third kappa shape index (κ3) is 3.95. The minimum absolute atomic E-state index is 0.131. The number of aromatic nitrogens is 3. The smallest absolute Gasteiger partial charge is 0.255 e. The SMILES string of the molecule is COc1cccc(C(=O)C2CN(c3nc(-c4ccncc4)cc(=O)n3C)CCO2)c1. The number of anilines is 1. The van der Waals surface area contributed by atoms with Gasteiger partial charge in [-0.25, -0.2) is 4.98 Å². The molecule has 8 nitrogen and oxygen atoms in total. The van der Waals surface area contributed by atoms with Crippen molar-refractivity contribution in [1.82, 2.24) is 14.5 Å². The fourth-order valence-electron chi connectivity index (χ4n) is 3.43. The zero-order valence-electron chi connectivity index (χ0n) is 16.8. The zero-order chi connectivity index (χ0) is 21.1. The normalized spacial score (nSPS) is 16.3. The van der Waals surface area contributed by atoms with Crippen molar-refractivity contribution in [1.29, 1.82) is 0 Å². The van der Waals surface area contributed by atoms with Gasteiger partial charge in [0.25, 0.3) is 5.56 Å². The molecule has 8 heteroatoms. The first kappa shape index (κ1) is 19.8. The Morgan fingerprint density at radius 3 is 2.77 bits per heavy atom.